The van der Waals surface area contributed by atoms with Crippen molar-refractivity contribution in [3.05, 3.63) is 89.5 Å². The van der Waals surface area contributed by atoms with Gasteiger partial charge in [0.2, 0.25) is 5.91 Å². The number of amides is 3. The molecule has 3 rings (SSSR count). The van der Waals surface area contributed by atoms with Crippen molar-refractivity contribution in [2.75, 3.05) is 17.7 Å². The summed E-state index contributed by atoms with van der Waals surface area (Å²) in [6.07, 6.45) is 0. The first-order chi connectivity index (χ1) is 16.5. The number of hydrazine groups is 1. The minimum absolute atomic E-state index is 0.0552. The molecule has 9 heteroatoms. The van der Waals surface area contributed by atoms with Crippen LogP contribution in [0.3, 0.4) is 0 Å². The zero-order valence-corrected chi connectivity index (χ0v) is 19.1. The normalized spacial score (nSPS) is 10.0. The van der Waals surface area contributed by atoms with Gasteiger partial charge in [0.15, 0.2) is 0 Å². The van der Waals surface area contributed by atoms with Gasteiger partial charge in [0.05, 0.1) is 29.6 Å². The van der Waals surface area contributed by atoms with Crippen molar-refractivity contribution < 1.29 is 19.1 Å². The van der Waals surface area contributed by atoms with E-state index in [1.54, 1.807) is 72.8 Å². The molecule has 0 saturated heterocycles. The molecule has 0 aliphatic rings. The Morgan fingerprint density at radius 3 is 2.41 bits per heavy atom. The second kappa shape index (κ2) is 12.1. The maximum Gasteiger partial charge on any atom is 0.270 e. The van der Waals surface area contributed by atoms with Crippen molar-refractivity contribution in [1.82, 2.24) is 10.9 Å². The second-order valence-corrected chi connectivity index (χ2v) is 7.91. The predicted octanol–water partition coefficient (Wildman–Crippen LogP) is 3.76. The van der Waals surface area contributed by atoms with Crippen LogP contribution >= 0.6 is 11.8 Å². The summed E-state index contributed by atoms with van der Waals surface area (Å²) >= 11 is 1.19. The maximum atomic E-state index is 12.7. The van der Waals surface area contributed by atoms with Crippen molar-refractivity contribution >= 4 is 35.2 Å². The molecule has 8 nitrogen and oxygen atoms in total. The fourth-order valence-corrected chi connectivity index (χ4v) is 3.76. The van der Waals surface area contributed by atoms with Crippen LogP contribution in [0.5, 0.6) is 5.75 Å². The second-order valence-electron chi connectivity index (χ2n) is 6.89. The van der Waals surface area contributed by atoms with Crippen molar-refractivity contribution in [3.8, 4) is 11.8 Å². The fourth-order valence-electron chi connectivity index (χ4n) is 2.91. The van der Waals surface area contributed by atoms with Crippen LogP contribution in [0.4, 0.5) is 5.69 Å². The van der Waals surface area contributed by atoms with Crippen LogP contribution < -0.4 is 20.9 Å². The van der Waals surface area contributed by atoms with E-state index in [-0.39, 0.29) is 11.7 Å². The summed E-state index contributed by atoms with van der Waals surface area (Å²) < 4.78 is 5.35. The Morgan fingerprint density at radius 2 is 1.68 bits per heavy atom. The van der Waals surface area contributed by atoms with E-state index in [1.807, 2.05) is 13.0 Å². The van der Waals surface area contributed by atoms with Crippen LogP contribution in [-0.4, -0.2) is 30.1 Å². The molecule has 0 aliphatic carbocycles. The molecule has 0 unspecified atom stereocenters. The zero-order chi connectivity index (χ0) is 24.3. The average Bonchev–Trinajstić information content (AvgIpc) is 2.86. The molecule has 3 aromatic rings. The number of nitrogens with one attached hydrogen (secondary N) is 3. The lowest BCUT2D eigenvalue weighted by atomic mass is 10.2. The third-order valence-corrected chi connectivity index (χ3v) is 5.56. The Hall–Kier alpha value is -4.29. The number of carbonyl (C=O) groups is 3. The van der Waals surface area contributed by atoms with Gasteiger partial charge in [0, 0.05) is 16.1 Å². The van der Waals surface area contributed by atoms with Crippen molar-refractivity contribution in [2.45, 2.75) is 11.8 Å². The van der Waals surface area contributed by atoms with Gasteiger partial charge in [0.1, 0.15) is 5.75 Å². The SMILES string of the molecule is CCOc1ccc(C(=O)NNC(=O)c2ccccc2SCC(=O)Nc2cccc(C#N)c2)cc1. The summed E-state index contributed by atoms with van der Waals surface area (Å²) in [5, 5.41) is 11.7. The van der Waals surface area contributed by atoms with Gasteiger partial charge < -0.3 is 10.1 Å². The number of benzene rings is 3. The van der Waals surface area contributed by atoms with Gasteiger partial charge in [-0.1, -0.05) is 18.2 Å². The molecule has 0 aromatic heterocycles. The Balaban J connectivity index is 1.56. The number of hydrogen-bond acceptors (Lipinski definition) is 6. The zero-order valence-electron chi connectivity index (χ0n) is 18.3. The van der Waals surface area contributed by atoms with Crippen molar-refractivity contribution in [1.29, 1.82) is 5.26 Å². The fraction of sp³-hybridized carbons (Fsp3) is 0.120. The lowest BCUT2D eigenvalue weighted by Gasteiger charge is -2.11. The topological polar surface area (TPSA) is 120 Å². The molecule has 172 valence electrons. The van der Waals surface area contributed by atoms with E-state index < -0.39 is 11.8 Å². The minimum Gasteiger partial charge on any atom is -0.494 e. The quantitative estimate of drug-likeness (QED) is 0.338. The maximum absolute atomic E-state index is 12.7. The van der Waals surface area contributed by atoms with Crippen LogP contribution in [-0.2, 0) is 4.79 Å². The van der Waals surface area contributed by atoms with Gasteiger partial charge in [-0.2, -0.15) is 5.26 Å². The molecular weight excluding hydrogens is 452 g/mol. The number of rotatable bonds is 8. The Kier molecular flexibility index (Phi) is 8.66. The highest BCUT2D eigenvalue weighted by molar-refractivity contribution is 8.00. The molecule has 0 spiro atoms. The minimum atomic E-state index is -0.510. The summed E-state index contributed by atoms with van der Waals surface area (Å²) in [6, 6.07) is 21.9. The third kappa shape index (κ3) is 6.85. The van der Waals surface area contributed by atoms with E-state index in [0.717, 1.165) is 0 Å². The number of carbonyl (C=O) groups excluding carboxylic acids is 3. The molecule has 0 radical (unpaired) electrons. The summed E-state index contributed by atoms with van der Waals surface area (Å²) in [4.78, 5) is 37.9. The largest absolute Gasteiger partial charge is 0.494 e. The smallest absolute Gasteiger partial charge is 0.270 e. The molecule has 0 aliphatic heterocycles. The number of nitrogens with zero attached hydrogens (tertiary/aromatic N) is 1. The van der Waals surface area contributed by atoms with Gasteiger partial charge in [-0.25, -0.2) is 0 Å². The molecule has 3 N–H and O–H groups in total. The first kappa shape index (κ1) is 24.4. The number of nitriles is 1. The van der Waals surface area contributed by atoms with Gasteiger partial charge in [-0.3, -0.25) is 25.2 Å². The van der Waals surface area contributed by atoms with Gasteiger partial charge in [-0.15, -0.1) is 11.8 Å². The highest BCUT2D eigenvalue weighted by atomic mass is 32.2. The number of anilines is 1. The summed E-state index contributed by atoms with van der Waals surface area (Å²) in [5.41, 5.74) is 6.44. The summed E-state index contributed by atoms with van der Waals surface area (Å²) in [6.45, 7) is 2.39. The molecule has 0 fully saturated rings. The van der Waals surface area contributed by atoms with Crippen LogP contribution in [0.25, 0.3) is 0 Å². The molecule has 0 heterocycles. The van der Waals surface area contributed by atoms with E-state index in [0.29, 0.717) is 39.6 Å². The van der Waals surface area contributed by atoms with Crippen molar-refractivity contribution in [3.63, 3.8) is 0 Å². The van der Waals surface area contributed by atoms with Crippen LogP contribution in [0.15, 0.2) is 77.7 Å². The molecule has 0 atom stereocenters. The Morgan fingerprint density at radius 1 is 0.941 bits per heavy atom. The standard InChI is InChI=1S/C25H22N4O4S/c1-2-33-20-12-10-18(11-13-20)24(31)28-29-25(32)21-8-3-4-9-22(21)34-16-23(30)27-19-7-5-6-17(14-19)15-26/h3-14H,2,16H2,1H3,(H,27,30)(H,28,31)(H,29,32). The van der Waals surface area contributed by atoms with Crippen LogP contribution in [0.1, 0.15) is 33.2 Å². The van der Waals surface area contributed by atoms with Gasteiger partial charge in [-0.05, 0) is 61.5 Å². The third-order valence-electron chi connectivity index (χ3n) is 4.48. The first-order valence-electron chi connectivity index (χ1n) is 10.4. The molecule has 3 amide bonds. The van der Waals surface area contributed by atoms with E-state index in [4.69, 9.17) is 10.00 Å². The summed E-state index contributed by atoms with van der Waals surface area (Å²) in [7, 11) is 0. The molecule has 0 bridgehead atoms. The highest BCUT2D eigenvalue weighted by Gasteiger charge is 2.14. The molecule has 34 heavy (non-hydrogen) atoms. The number of thioether (sulfide) groups is 1. The Labute approximate surface area is 201 Å². The van der Waals surface area contributed by atoms with Gasteiger partial charge >= 0.3 is 0 Å². The lowest BCUT2D eigenvalue weighted by molar-refractivity contribution is -0.113. The van der Waals surface area contributed by atoms with E-state index >= 15 is 0 Å². The van der Waals surface area contributed by atoms with E-state index in [9.17, 15) is 14.4 Å². The molecule has 3 aromatic carbocycles. The molecular formula is C25H22N4O4S. The van der Waals surface area contributed by atoms with Gasteiger partial charge in [0.25, 0.3) is 11.8 Å². The van der Waals surface area contributed by atoms with E-state index in [1.165, 1.54) is 11.8 Å². The number of ether oxygens (including phenoxy) is 1. The molecule has 0 saturated carbocycles. The van der Waals surface area contributed by atoms with Crippen LogP contribution in [0.2, 0.25) is 0 Å². The lowest BCUT2D eigenvalue weighted by Crippen LogP contribution is -2.41. The van der Waals surface area contributed by atoms with E-state index in [2.05, 4.69) is 16.2 Å². The Bertz CT molecular complexity index is 1220. The highest BCUT2D eigenvalue weighted by Crippen LogP contribution is 2.23. The summed E-state index contributed by atoms with van der Waals surface area (Å²) in [5.74, 6) is -0.556. The first-order valence-corrected chi connectivity index (χ1v) is 11.3. The number of hydrogen-bond donors (Lipinski definition) is 3. The monoisotopic (exact) mass is 474 g/mol. The average molecular weight is 475 g/mol. The van der Waals surface area contributed by atoms with Crippen molar-refractivity contribution in [2.24, 2.45) is 0 Å². The van der Waals surface area contributed by atoms with Crippen LogP contribution in [0, 0.1) is 11.3 Å². The predicted molar refractivity (Wildman–Crippen MR) is 129 cm³/mol.